The van der Waals surface area contributed by atoms with Gasteiger partial charge in [0.25, 0.3) is 0 Å². The number of thioether (sulfide) groups is 1. The Hall–Kier alpha value is -1.79. The van der Waals surface area contributed by atoms with Crippen LogP contribution in [0.25, 0.3) is 11.4 Å². The van der Waals surface area contributed by atoms with Crippen molar-refractivity contribution in [3.05, 3.63) is 46.2 Å². The molecule has 0 unspecified atom stereocenters. The van der Waals surface area contributed by atoms with Crippen LogP contribution in [-0.2, 0) is 12.2 Å². The fourth-order valence-electron chi connectivity index (χ4n) is 2.82. The van der Waals surface area contributed by atoms with Crippen LogP contribution < -0.4 is 4.74 Å². The van der Waals surface area contributed by atoms with Gasteiger partial charge in [-0.1, -0.05) is 37.2 Å². The second kappa shape index (κ2) is 8.73. The van der Waals surface area contributed by atoms with Gasteiger partial charge in [0.2, 0.25) is 0 Å². The van der Waals surface area contributed by atoms with Crippen molar-refractivity contribution in [2.24, 2.45) is 0 Å². The number of nitrogens with zero attached hydrogens (tertiary/aromatic N) is 3. The van der Waals surface area contributed by atoms with Crippen LogP contribution in [0.4, 0.5) is 0 Å². The number of aromatic nitrogens is 3. The van der Waals surface area contributed by atoms with E-state index in [1.54, 1.807) is 18.9 Å². The number of methoxy groups -OCH3 is 1. The Morgan fingerprint density at radius 2 is 2.08 bits per heavy atom. The lowest BCUT2D eigenvalue weighted by Gasteiger charge is -2.13. The number of rotatable bonds is 8. The summed E-state index contributed by atoms with van der Waals surface area (Å²) in [6.07, 6.45) is 2.29. The summed E-state index contributed by atoms with van der Waals surface area (Å²) in [7, 11) is 1.70. The molecule has 0 fully saturated rings. The van der Waals surface area contributed by atoms with Crippen LogP contribution in [0.15, 0.2) is 40.9 Å². The van der Waals surface area contributed by atoms with Crippen LogP contribution in [0.3, 0.4) is 0 Å². The zero-order chi connectivity index (χ0) is 18.5. The summed E-state index contributed by atoms with van der Waals surface area (Å²) in [5.74, 6) is 2.69. The first-order valence-electron chi connectivity index (χ1n) is 8.90. The van der Waals surface area contributed by atoms with Gasteiger partial charge >= 0.3 is 0 Å². The highest BCUT2D eigenvalue weighted by Crippen LogP contribution is 2.32. The average Bonchev–Trinajstić information content (AvgIpc) is 3.27. The third-order valence-electron chi connectivity index (χ3n) is 4.09. The second-order valence-electron chi connectivity index (χ2n) is 6.46. The first kappa shape index (κ1) is 19.0. The van der Waals surface area contributed by atoms with Gasteiger partial charge in [-0.2, -0.15) is 0 Å². The number of benzene rings is 1. The van der Waals surface area contributed by atoms with Crippen LogP contribution in [0.5, 0.6) is 5.75 Å². The Bertz CT molecular complexity index is 854. The highest BCUT2D eigenvalue weighted by atomic mass is 32.2. The molecule has 3 aromatic rings. The molecule has 0 bridgehead atoms. The van der Waals surface area contributed by atoms with E-state index >= 15 is 0 Å². The molecule has 0 aliphatic rings. The summed E-state index contributed by atoms with van der Waals surface area (Å²) in [6, 6.07) is 10.7. The van der Waals surface area contributed by atoms with Gasteiger partial charge in [-0.15, -0.1) is 21.5 Å². The molecular formula is C20H25N3OS2. The summed E-state index contributed by atoms with van der Waals surface area (Å²) in [5.41, 5.74) is 2.39. The van der Waals surface area contributed by atoms with E-state index < -0.39 is 0 Å². The van der Waals surface area contributed by atoms with E-state index in [4.69, 9.17) is 4.74 Å². The number of aryl methyl sites for hydroxylation is 1. The topological polar surface area (TPSA) is 39.9 Å². The van der Waals surface area contributed by atoms with Crippen molar-refractivity contribution >= 4 is 23.1 Å². The Morgan fingerprint density at radius 3 is 2.81 bits per heavy atom. The van der Waals surface area contributed by atoms with Gasteiger partial charge in [0.1, 0.15) is 5.75 Å². The fourth-order valence-corrected chi connectivity index (χ4v) is 4.80. The standard InChI is InChI=1S/C20H25N3OS2/c1-5-7-18-11-16(13-25-18)19-21-22-20(23(19)14(2)3)26-12-15-8-6-9-17(10-15)24-4/h6,8-11,13-14H,5,7,12H2,1-4H3. The molecule has 0 saturated heterocycles. The van der Waals surface area contributed by atoms with Gasteiger partial charge in [-0.05, 0) is 44.0 Å². The smallest absolute Gasteiger partial charge is 0.192 e. The highest BCUT2D eigenvalue weighted by Gasteiger charge is 2.18. The molecular weight excluding hydrogens is 362 g/mol. The first-order valence-corrected chi connectivity index (χ1v) is 10.8. The van der Waals surface area contributed by atoms with Crippen LogP contribution in [0.1, 0.15) is 43.7 Å². The molecule has 4 nitrogen and oxygen atoms in total. The lowest BCUT2D eigenvalue weighted by Crippen LogP contribution is -2.04. The summed E-state index contributed by atoms with van der Waals surface area (Å²) in [5, 5.41) is 12.1. The highest BCUT2D eigenvalue weighted by molar-refractivity contribution is 7.98. The van der Waals surface area contributed by atoms with E-state index in [-0.39, 0.29) is 0 Å². The average molecular weight is 388 g/mol. The molecule has 0 radical (unpaired) electrons. The van der Waals surface area contributed by atoms with Crippen molar-refractivity contribution in [2.45, 2.75) is 50.6 Å². The summed E-state index contributed by atoms with van der Waals surface area (Å²) in [4.78, 5) is 1.41. The van der Waals surface area contributed by atoms with E-state index in [1.165, 1.54) is 22.4 Å². The molecule has 0 spiro atoms. The van der Waals surface area contributed by atoms with E-state index in [0.29, 0.717) is 6.04 Å². The maximum absolute atomic E-state index is 5.31. The molecule has 0 saturated carbocycles. The summed E-state index contributed by atoms with van der Waals surface area (Å²) < 4.78 is 7.55. The minimum Gasteiger partial charge on any atom is -0.497 e. The van der Waals surface area contributed by atoms with E-state index in [1.807, 2.05) is 23.5 Å². The van der Waals surface area contributed by atoms with Gasteiger partial charge in [-0.25, -0.2) is 0 Å². The van der Waals surface area contributed by atoms with Crippen LogP contribution >= 0.6 is 23.1 Å². The van der Waals surface area contributed by atoms with Crippen LogP contribution in [0.2, 0.25) is 0 Å². The van der Waals surface area contributed by atoms with E-state index in [9.17, 15) is 0 Å². The van der Waals surface area contributed by atoms with Crippen LogP contribution in [0, 0.1) is 0 Å². The predicted octanol–water partition coefficient (Wildman–Crippen LogP) is 5.84. The maximum Gasteiger partial charge on any atom is 0.192 e. The lowest BCUT2D eigenvalue weighted by atomic mass is 10.2. The molecule has 3 rings (SSSR count). The van der Waals surface area contributed by atoms with Gasteiger partial charge < -0.3 is 4.74 Å². The Labute approximate surface area is 163 Å². The molecule has 0 atom stereocenters. The van der Waals surface area contributed by atoms with Crippen molar-refractivity contribution in [2.75, 3.05) is 7.11 Å². The molecule has 0 N–H and O–H groups in total. The third-order valence-corrected chi connectivity index (χ3v) is 6.10. The molecule has 1 aromatic carbocycles. The Balaban J connectivity index is 1.82. The molecule has 0 aliphatic carbocycles. The quantitative estimate of drug-likeness (QED) is 0.455. The van der Waals surface area contributed by atoms with Crippen molar-refractivity contribution in [3.63, 3.8) is 0 Å². The Kier molecular flexibility index (Phi) is 6.38. The van der Waals surface area contributed by atoms with E-state index in [2.05, 4.69) is 59.1 Å². The van der Waals surface area contributed by atoms with Crippen molar-refractivity contribution in [1.29, 1.82) is 0 Å². The zero-order valence-corrected chi connectivity index (χ0v) is 17.4. The van der Waals surface area contributed by atoms with Crippen LogP contribution in [-0.4, -0.2) is 21.9 Å². The monoisotopic (exact) mass is 387 g/mol. The maximum atomic E-state index is 5.31. The summed E-state index contributed by atoms with van der Waals surface area (Å²) in [6.45, 7) is 6.58. The molecule has 138 valence electrons. The molecule has 0 amide bonds. The normalized spacial score (nSPS) is 11.3. The molecule has 6 heteroatoms. The molecule has 2 aromatic heterocycles. The SMILES string of the molecule is CCCc1cc(-c2nnc(SCc3cccc(OC)c3)n2C(C)C)cs1. The van der Waals surface area contributed by atoms with Crippen molar-refractivity contribution in [3.8, 4) is 17.1 Å². The largest absolute Gasteiger partial charge is 0.497 e. The number of hydrogen-bond acceptors (Lipinski definition) is 5. The number of thiophene rings is 1. The minimum absolute atomic E-state index is 0.308. The fraction of sp³-hybridized carbons (Fsp3) is 0.400. The molecule has 2 heterocycles. The first-order chi connectivity index (χ1) is 12.6. The van der Waals surface area contributed by atoms with E-state index in [0.717, 1.165) is 28.9 Å². The molecule has 26 heavy (non-hydrogen) atoms. The second-order valence-corrected chi connectivity index (χ2v) is 8.40. The van der Waals surface area contributed by atoms with Crippen molar-refractivity contribution in [1.82, 2.24) is 14.8 Å². The Morgan fingerprint density at radius 1 is 1.23 bits per heavy atom. The lowest BCUT2D eigenvalue weighted by molar-refractivity contribution is 0.414. The third kappa shape index (κ3) is 4.30. The number of hydrogen-bond donors (Lipinski definition) is 0. The summed E-state index contributed by atoms with van der Waals surface area (Å²) >= 11 is 3.53. The number of ether oxygens (including phenoxy) is 1. The van der Waals surface area contributed by atoms with Gasteiger partial charge in [0, 0.05) is 27.6 Å². The van der Waals surface area contributed by atoms with Gasteiger partial charge in [-0.3, -0.25) is 4.57 Å². The van der Waals surface area contributed by atoms with Gasteiger partial charge in [0.05, 0.1) is 7.11 Å². The zero-order valence-electron chi connectivity index (χ0n) is 15.7. The predicted molar refractivity (Wildman–Crippen MR) is 110 cm³/mol. The van der Waals surface area contributed by atoms with Gasteiger partial charge in [0.15, 0.2) is 11.0 Å². The van der Waals surface area contributed by atoms with Crippen molar-refractivity contribution < 1.29 is 4.74 Å². The minimum atomic E-state index is 0.308. The molecule has 0 aliphatic heterocycles.